The van der Waals surface area contributed by atoms with Gasteiger partial charge in [0.15, 0.2) is 5.13 Å². The smallest absolute Gasteiger partial charge is 0.180 e. The molecular weight excluding hydrogens is 212 g/mol. The molecule has 0 aliphatic heterocycles. The van der Waals surface area contributed by atoms with Crippen LogP contribution in [0.15, 0.2) is 0 Å². The zero-order valence-electron chi connectivity index (χ0n) is 8.83. The highest BCUT2D eigenvalue weighted by molar-refractivity contribution is 7.99. The Hall–Kier alpha value is -0.220. The van der Waals surface area contributed by atoms with Gasteiger partial charge in [0.25, 0.3) is 0 Å². The Bertz CT molecular complexity index is 346. The van der Waals surface area contributed by atoms with E-state index in [0.717, 1.165) is 11.6 Å². The maximum Gasteiger partial charge on any atom is 0.180 e. The van der Waals surface area contributed by atoms with Gasteiger partial charge in [0.1, 0.15) is 0 Å². The molecule has 0 bridgehead atoms. The second-order valence-electron chi connectivity index (χ2n) is 4.07. The molecule has 0 saturated heterocycles. The Labute approximate surface area is 93.3 Å². The fourth-order valence-corrected chi connectivity index (χ4v) is 4.41. The number of nitrogens with two attached hydrogens (primary N) is 1. The average molecular weight is 228 g/mol. The van der Waals surface area contributed by atoms with Crippen LogP contribution in [-0.2, 0) is 11.2 Å². The number of hydrogen-bond acceptors (Lipinski definition) is 4. The lowest BCUT2D eigenvalue weighted by molar-refractivity contribution is 0.440. The minimum absolute atomic E-state index is 0.226. The van der Waals surface area contributed by atoms with Gasteiger partial charge in [-0.15, -0.1) is 11.3 Å². The lowest BCUT2D eigenvalue weighted by Crippen LogP contribution is -2.25. The van der Waals surface area contributed by atoms with E-state index in [9.17, 15) is 0 Å². The predicted octanol–water partition coefficient (Wildman–Crippen LogP) is 2.89. The number of thioether (sulfide) groups is 1. The van der Waals surface area contributed by atoms with Crippen LogP contribution in [0.4, 0.5) is 5.13 Å². The van der Waals surface area contributed by atoms with Crippen LogP contribution < -0.4 is 5.73 Å². The van der Waals surface area contributed by atoms with E-state index >= 15 is 0 Å². The highest BCUT2D eigenvalue weighted by Crippen LogP contribution is 2.52. The normalized spacial score (nSPS) is 25.7. The number of fused-ring (bicyclic) bond motifs is 1. The summed E-state index contributed by atoms with van der Waals surface area (Å²) in [7, 11) is 0. The van der Waals surface area contributed by atoms with Crippen molar-refractivity contribution >= 4 is 28.2 Å². The first-order chi connectivity index (χ1) is 6.60. The fourth-order valence-electron chi connectivity index (χ4n) is 2.28. The van der Waals surface area contributed by atoms with E-state index in [0.29, 0.717) is 5.92 Å². The monoisotopic (exact) mass is 228 g/mol. The zero-order chi connectivity index (χ0) is 10.3. The van der Waals surface area contributed by atoms with Gasteiger partial charge in [0, 0.05) is 4.88 Å². The summed E-state index contributed by atoms with van der Waals surface area (Å²) < 4.78 is 0.226. The molecule has 1 heterocycles. The molecular formula is C10H16N2S2. The highest BCUT2D eigenvalue weighted by atomic mass is 32.2. The summed E-state index contributed by atoms with van der Waals surface area (Å²) in [5.41, 5.74) is 7.03. The average Bonchev–Trinajstić information content (AvgIpc) is 2.61. The summed E-state index contributed by atoms with van der Waals surface area (Å²) >= 11 is 3.60. The number of nitrogens with zero attached hydrogens (tertiary/aromatic N) is 1. The summed E-state index contributed by atoms with van der Waals surface area (Å²) in [6.45, 7) is 4.56. The first kappa shape index (κ1) is 10.3. The van der Waals surface area contributed by atoms with Gasteiger partial charge in [0.2, 0.25) is 0 Å². The van der Waals surface area contributed by atoms with Crippen LogP contribution in [0.25, 0.3) is 0 Å². The summed E-state index contributed by atoms with van der Waals surface area (Å²) in [4.78, 5) is 5.92. The Kier molecular flexibility index (Phi) is 2.52. The minimum Gasteiger partial charge on any atom is -0.375 e. The van der Waals surface area contributed by atoms with Crippen LogP contribution in [0.5, 0.6) is 0 Å². The Balaban J connectivity index is 2.48. The van der Waals surface area contributed by atoms with E-state index in [1.807, 2.05) is 11.8 Å². The van der Waals surface area contributed by atoms with E-state index < -0.39 is 0 Å². The third-order valence-electron chi connectivity index (χ3n) is 3.14. The molecule has 0 radical (unpaired) electrons. The molecule has 1 aromatic heterocycles. The van der Waals surface area contributed by atoms with Crippen molar-refractivity contribution in [1.29, 1.82) is 0 Å². The molecule has 0 fully saturated rings. The number of aryl methyl sites for hydroxylation is 1. The summed E-state index contributed by atoms with van der Waals surface area (Å²) in [6.07, 6.45) is 4.56. The molecule has 2 nitrogen and oxygen atoms in total. The third-order valence-corrected chi connectivity index (χ3v) is 5.68. The molecule has 0 amide bonds. The topological polar surface area (TPSA) is 38.9 Å². The van der Waals surface area contributed by atoms with Gasteiger partial charge in [-0.3, -0.25) is 0 Å². The molecule has 1 aliphatic carbocycles. The van der Waals surface area contributed by atoms with Gasteiger partial charge in [0.05, 0.1) is 10.4 Å². The number of nitrogen functional groups attached to an aromatic ring is 1. The molecule has 14 heavy (non-hydrogen) atoms. The van der Waals surface area contributed by atoms with Gasteiger partial charge < -0.3 is 5.73 Å². The van der Waals surface area contributed by atoms with Gasteiger partial charge in [-0.05, 0) is 25.0 Å². The van der Waals surface area contributed by atoms with Crippen LogP contribution in [0, 0.1) is 5.92 Å². The van der Waals surface area contributed by atoms with Crippen LogP contribution >= 0.6 is 23.1 Å². The van der Waals surface area contributed by atoms with E-state index in [4.69, 9.17) is 5.73 Å². The van der Waals surface area contributed by atoms with Crippen molar-refractivity contribution in [1.82, 2.24) is 4.98 Å². The molecule has 2 N–H and O–H groups in total. The van der Waals surface area contributed by atoms with Crippen molar-refractivity contribution in [2.45, 2.75) is 31.4 Å². The molecule has 4 heteroatoms. The lowest BCUT2D eigenvalue weighted by Gasteiger charge is -2.30. The zero-order valence-corrected chi connectivity index (χ0v) is 10.5. The van der Waals surface area contributed by atoms with Crippen LogP contribution in [-0.4, -0.2) is 11.2 Å². The number of thiazole rings is 1. The number of hydrogen-bond donors (Lipinski definition) is 1. The lowest BCUT2D eigenvalue weighted by atomic mass is 9.92. The first-order valence-electron chi connectivity index (χ1n) is 4.91. The van der Waals surface area contributed by atoms with Crippen molar-refractivity contribution in [3.8, 4) is 0 Å². The maximum atomic E-state index is 5.76. The Morgan fingerprint density at radius 3 is 2.86 bits per heavy atom. The van der Waals surface area contributed by atoms with Crippen LogP contribution in [0.1, 0.15) is 30.8 Å². The largest absolute Gasteiger partial charge is 0.375 e. The Morgan fingerprint density at radius 2 is 2.29 bits per heavy atom. The first-order valence-corrected chi connectivity index (χ1v) is 6.95. The Morgan fingerprint density at radius 1 is 1.57 bits per heavy atom. The van der Waals surface area contributed by atoms with Gasteiger partial charge in [-0.2, -0.15) is 11.8 Å². The van der Waals surface area contributed by atoms with Gasteiger partial charge >= 0.3 is 0 Å². The standard InChI is InChI=1S/C10H16N2S2/c1-6(2)10(13-3)5-4-7-8(10)12-9(11)14-7/h6H,4-5H2,1-3H3,(H2,11,12). The summed E-state index contributed by atoms with van der Waals surface area (Å²) in [5, 5.41) is 0.730. The van der Waals surface area contributed by atoms with E-state index in [1.165, 1.54) is 17.0 Å². The van der Waals surface area contributed by atoms with E-state index in [1.54, 1.807) is 11.3 Å². The molecule has 1 aliphatic rings. The van der Waals surface area contributed by atoms with E-state index in [2.05, 4.69) is 25.1 Å². The van der Waals surface area contributed by atoms with Crippen molar-refractivity contribution in [3.05, 3.63) is 10.6 Å². The van der Waals surface area contributed by atoms with Crippen LogP contribution in [0.3, 0.4) is 0 Å². The van der Waals surface area contributed by atoms with E-state index in [-0.39, 0.29) is 4.75 Å². The maximum absolute atomic E-state index is 5.76. The SMILES string of the molecule is CSC1(C(C)C)CCc2sc(N)nc21. The molecule has 1 atom stereocenters. The molecule has 2 rings (SSSR count). The molecule has 0 spiro atoms. The summed E-state index contributed by atoms with van der Waals surface area (Å²) in [5.74, 6) is 0.625. The number of anilines is 1. The molecule has 78 valence electrons. The summed E-state index contributed by atoms with van der Waals surface area (Å²) in [6, 6.07) is 0. The highest BCUT2D eigenvalue weighted by Gasteiger charge is 2.43. The minimum atomic E-state index is 0.226. The number of rotatable bonds is 2. The molecule has 1 unspecified atom stereocenters. The fraction of sp³-hybridized carbons (Fsp3) is 0.700. The predicted molar refractivity (Wildman–Crippen MR) is 64.9 cm³/mol. The van der Waals surface area contributed by atoms with Crippen molar-refractivity contribution in [3.63, 3.8) is 0 Å². The molecule has 0 aromatic carbocycles. The van der Waals surface area contributed by atoms with Crippen molar-refractivity contribution < 1.29 is 0 Å². The number of aromatic nitrogens is 1. The van der Waals surface area contributed by atoms with Crippen molar-refractivity contribution in [2.75, 3.05) is 12.0 Å². The third kappa shape index (κ3) is 1.27. The second-order valence-corrected chi connectivity index (χ2v) is 6.32. The van der Waals surface area contributed by atoms with Crippen molar-refractivity contribution in [2.24, 2.45) is 5.92 Å². The molecule has 1 aromatic rings. The van der Waals surface area contributed by atoms with Gasteiger partial charge in [-0.25, -0.2) is 4.98 Å². The quantitative estimate of drug-likeness (QED) is 0.846. The second kappa shape index (κ2) is 3.42. The molecule has 0 saturated carbocycles. The van der Waals surface area contributed by atoms with Crippen LogP contribution in [0.2, 0.25) is 0 Å². The van der Waals surface area contributed by atoms with Gasteiger partial charge in [-0.1, -0.05) is 13.8 Å².